The fourth-order valence-electron chi connectivity index (χ4n) is 2.92. The zero-order chi connectivity index (χ0) is 16.0. The summed E-state index contributed by atoms with van der Waals surface area (Å²) in [5.74, 6) is 1.35. The summed E-state index contributed by atoms with van der Waals surface area (Å²) >= 11 is 5.90. The van der Waals surface area contributed by atoms with Crippen molar-refractivity contribution in [2.24, 2.45) is 0 Å². The SMILES string of the molecule is O=S(=O)(Nc1c2c(cc3c1OCC3)OCC2)c1cccc(Cl)c1. The molecule has 0 unspecified atom stereocenters. The molecule has 0 saturated heterocycles. The van der Waals surface area contributed by atoms with Crippen LogP contribution in [0.5, 0.6) is 11.5 Å². The first-order chi connectivity index (χ1) is 11.0. The molecule has 0 fully saturated rings. The Kier molecular flexibility index (Phi) is 3.39. The topological polar surface area (TPSA) is 64.6 Å². The summed E-state index contributed by atoms with van der Waals surface area (Å²) in [5, 5.41) is 0.371. The first-order valence-electron chi connectivity index (χ1n) is 7.27. The van der Waals surface area contributed by atoms with E-state index < -0.39 is 10.0 Å². The first-order valence-corrected chi connectivity index (χ1v) is 9.13. The molecule has 0 radical (unpaired) electrons. The molecule has 0 saturated carbocycles. The zero-order valence-electron chi connectivity index (χ0n) is 12.1. The lowest BCUT2D eigenvalue weighted by Crippen LogP contribution is -2.15. The third-order valence-corrected chi connectivity index (χ3v) is 5.58. The smallest absolute Gasteiger partial charge is 0.262 e. The molecule has 0 bridgehead atoms. The Morgan fingerprint density at radius 1 is 1.09 bits per heavy atom. The quantitative estimate of drug-likeness (QED) is 0.923. The van der Waals surface area contributed by atoms with E-state index in [-0.39, 0.29) is 4.90 Å². The van der Waals surface area contributed by atoms with E-state index in [1.807, 2.05) is 6.07 Å². The normalized spacial score (nSPS) is 15.5. The van der Waals surface area contributed by atoms with Crippen LogP contribution >= 0.6 is 11.6 Å². The van der Waals surface area contributed by atoms with Gasteiger partial charge in [-0.1, -0.05) is 17.7 Å². The van der Waals surface area contributed by atoms with Crippen molar-refractivity contribution in [3.63, 3.8) is 0 Å². The maximum absolute atomic E-state index is 12.7. The van der Waals surface area contributed by atoms with Crippen LogP contribution in [0.1, 0.15) is 11.1 Å². The minimum atomic E-state index is -3.75. The Labute approximate surface area is 139 Å². The summed E-state index contributed by atoms with van der Waals surface area (Å²) in [5.41, 5.74) is 2.30. The largest absolute Gasteiger partial charge is 0.493 e. The summed E-state index contributed by atoms with van der Waals surface area (Å²) in [4.78, 5) is 0.119. The average molecular weight is 352 g/mol. The molecule has 0 aliphatic carbocycles. The zero-order valence-corrected chi connectivity index (χ0v) is 13.7. The van der Waals surface area contributed by atoms with Crippen molar-refractivity contribution >= 4 is 27.3 Å². The molecule has 4 rings (SSSR count). The highest BCUT2D eigenvalue weighted by molar-refractivity contribution is 7.92. The van der Waals surface area contributed by atoms with Gasteiger partial charge in [-0.25, -0.2) is 8.42 Å². The standard InChI is InChI=1S/C16H14ClNO4S/c17-11-2-1-3-12(9-11)23(19,20)18-15-13-5-7-21-14(13)8-10-4-6-22-16(10)15/h1-3,8-9,18H,4-7H2. The highest BCUT2D eigenvalue weighted by atomic mass is 35.5. The number of halogens is 1. The van der Waals surface area contributed by atoms with Gasteiger partial charge in [0.05, 0.1) is 23.8 Å². The van der Waals surface area contributed by atoms with E-state index in [1.54, 1.807) is 12.1 Å². The molecule has 0 amide bonds. The molecule has 5 nitrogen and oxygen atoms in total. The molecule has 1 N–H and O–H groups in total. The van der Waals surface area contributed by atoms with Crippen LogP contribution in [0.3, 0.4) is 0 Å². The maximum Gasteiger partial charge on any atom is 0.262 e. The van der Waals surface area contributed by atoms with Gasteiger partial charge in [0.2, 0.25) is 0 Å². The number of benzene rings is 2. The number of hydrogen-bond acceptors (Lipinski definition) is 4. The fraction of sp³-hybridized carbons (Fsp3) is 0.250. The molecule has 2 aromatic rings. The second kappa shape index (κ2) is 5.32. The van der Waals surface area contributed by atoms with E-state index in [0.29, 0.717) is 36.1 Å². The number of rotatable bonds is 3. The summed E-state index contributed by atoms with van der Waals surface area (Å²) in [7, 11) is -3.75. The number of sulfonamides is 1. The summed E-state index contributed by atoms with van der Waals surface area (Å²) in [6.45, 7) is 1.09. The molecule has 0 atom stereocenters. The van der Waals surface area contributed by atoms with Gasteiger partial charge in [0.1, 0.15) is 11.5 Å². The monoisotopic (exact) mass is 351 g/mol. The number of nitrogens with one attached hydrogen (secondary N) is 1. The van der Waals surface area contributed by atoms with Crippen molar-refractivity contribution in [2.75, 3.05) is 17.9 Å². The first kappa shape index (κ1) is 14.7. The highest BCUT2D eigenvalue weighted by Crippen LogP contribution is 2.45. The van der Waals surface area contributed by atoms with Crippen molar-refractivity contribution in [3.8, 4) is 11.5 Å². The van der Waals surface area contributed by atoms with Crippen LogP contribution in [0.2, 0.25) is 5.02 Å². The number of anilines is 1. The average Bonchev–Trinajstić information content (AvgIpc) is 3.15. The second-order valence-electron chi connectivity index (χ2n) is 5.48. The summed E-state index contributed by atoms with van der Waals surface area (Å²) in [6, 6.07) is 8.12. The molecule has 2 aliphatic heterocycles. The number of ether oxygens (including phenoxy) is 2. The fourth-order valence-corrected chi connectivity index (χ4v) is 4.32. The van der Waals surface area contributed by atoms with Crippen molar-refractivity contribution in [1.82, 2.24) is 0 Å². The lowest BCUT2D eigenvalue weighted by Gasteiger charge is -2.15. The summed E-state index contributed by atoms with van der Waals surface area (Å²) < 4.78 is 39.3. The van der Waals surface area contributed by atoms with Gasteiger partial charge in [0, 0.05) is 29.0 Å². The van der Waals surface area contributed by atoms with Crippen LogP contribution in [0.4, 0.5) is 5.69 Å². The van der Waals surface area contributed by atoms with Crippen LogP contribution < -0.4 is 14.2 Å². The molecular formula is C16H14ClNO4S. The third-order valence-electron chi connectivity index (χ3n) is 3.99. The van der Waals surface area contributed by atoms with E-state index in [2.05, 4.69) is 4.72 Å². The van der Waals surface area contributed by atoms with Gasteiger partial charge in [-0.3, -0.25) is 4.72 Å². The van der Waals surface area contributed by atoms with Gasteiger partial charge in [0.15, 0.2) is 0 Å². The van der Waals surface area contributed by atoms with Gasteiger partial charge in [-0.05, 0) is 24.3 Å². The Bertz CT molecular complexity index is 863. The minimum absolute atomic E-state index is 0.119. The molecule has 23 heavy (non-hydrogen) atoms. The van der Waals surface area contributed by atoms with E-state index in [9.17, 15) is 8.42 Å². The van der Waals surface area contributed by atoms with Crippen LogP contribution in [-0.2, 0) is 22.9 Å². The van der Waals surface area contributed by atoms with Gasteiger partial charge in [0.25, 0.3) is 10.0 Å². The number of hydrogen-bond donors (Lipinski definition) is 1. The highest BCUT2D eigenvalue weighted by Gasteiger charge is 2.29. The van der Waals surface area contributed by atoms with E-state index in [4.69, 9.17) is 21.1 Å². The predicted molar refractivity (Wildman–Crippen MR) is 87.1 cm³/mol. The van der Waals surface area contributed by atoms with Crippen molar-refractivity contribution < 1.29 is 17.9 Å². The summed E-state index contributed by atoms with van der Waals surface area (Å²) in [6.07, 6.45) is 1.40. The lowest BCUT2D eigenvalue weighted by molar-refractivity contribution is 0.356. The lowest BCUT2D eigenvalue weighted by atomic mass is 10.0. The van der Waals surface area contributed by atoms with Crippen molar-refractivity contribution in [1.29, 1.82) is 0 Å². The van der Waals surface area contributed by atoms with Gasteiger partial charge >= 0.3 is 0 Å². The Morgan fingerprint density at radius 2 is 1.91 bits per heavy atom. The van der Waals surface area contributed by atoms with Gasteiger partial charge in [-0.15, -0.1) is 0 Å². The third kappa shape index (κ3) is 2.52. The molecule has 120 valence electrons. The van der Waals surface area contributed by atoms with Crippen LogP contribution in [0, 0.1) is 0 Å². The van der Waals surface area contributed by atoms with E-state index in [1.165, 1.54) is 12.1 Å². The molecule has 2 aliphatic rings. The molecule has 2 heterocycles. The Morgan fingerprint density at radius 3 is 2.74 bits per heavy atom. The number of fused-ring (bicyclic) bond motifs is 2. The van der Waals surface area contributed by atoms with Crippen LogP contribution in [0.25, 0.3) is 0 Å². The molecule has 2 aromatic carbocycles. The Balaban J connectivity index is 1.80. The van der Waals surface area contributed by atoms with Gasteiger partial charge < -0.3 is 9.47 Å². The maximum atomic E-state index is 12.7. The van der Waals surface area contributed by atoms with Gasteiger partial charge in [-0.2, -0.15) is 0 Å². The molecule has 0 aromatic heterocycles. The Hall–Kier alpha value is -1.92. The second-order valence-corrected chi connectivity index (χ2v) is 7.60. The van der Waals surface area contributed by atoms with E-state index in [0.717, 1.165) is 23.3 Å². The molecule has 0 spiro atoms. The minimum Gasteiger partial charge on any atom is -0.493 e. The molecular weight excluding hydrogens is 338 g/mol. The predicted octanol–water partition coefficient (Wildman–Crippen LogP) is 3.01. The van der Waals surface area contributed by atoms with Crippen molar-refractivity contribution in [3.05, 3.63) is 46.5 Å². The van der Waals surface area contributed by atoms with E-state index >= 15 is 0 Å². The van der Waals surface area contributed by atoms with Crippen LogP contribution in [-0.4, -0.2) is 21.6 Å². The van der Waals surface area contributed by atoms with Crippen molar-refractivity contribution in [2.45, 2.75) is 17.7 Å². The molecule has 7 heteroatoms. The van der Waals surface area contributed by atoms with Crippen LogP contribution in [0.15, 0.2) is 35.2 Å².